The summed E-state index contributed by atoms with van der Waals surface area (Å²) >= 11 is 9.39. The van der Waals surface area contributed by atoms with Gasteiger partial charge in [0.15, 0.2) is 0 Å². The van der Waals surface area contributed by atoms with Gasteiger partial charge in [-0.15, -0.1) is 0 Å². The molecule has 1 aromatic heterocycles. The number of ether oxygens (including phenoxy) is 1. The van der Waals surface area contributed by atoms with E-state index in [1.54, 1.807) is 7.11 Å². The van der Waals surface area contributed by atoms with Crippen LogP contribution in [0.1, 0.15) is 36.7 Å². The Balaban J connectivity index is 2.31. The van der Waals surface area contributed by atoms with Crippen molar-refractivity contribution in [1.82, 2.24) is 9.97 Å². The maximum atomic E-state index is 6.03. The Morgan fingerprint density at radius 3 is 2.73 bits per heavy atom. The predicted molar refractivity (Wildman–Crippen MR) is 62.0 cm³/mol. The molecule has 1 heterocycles. The van der Waals surface area contributed by atoms with Crippen molar-refractivity contribution in [3.63, 3.8) is 0 Å². The third-order valence-corrected chi connectivity index (χ3v) is 3.98. The predicted octanol–water partition coefficient (Wildman–Crippen LogP) is 3.31. The zero-order chi connectivity index (χ0) is 10.8. The molecule has 1 aliphatic carbocycles. The van der Waals surface area contributed by atoms with Gasteiger partial charge in [-0.1, -0.05) is 18.0 Å². The highest BCUT2D eigenvalue weighted by atomic mass is 79.9. The molecule has 0 saturated heterocycles. The lowest BCUT2D eigenvalue weighted by Crippen LogP contribution is -2.14. The van der Waals surface area contributed by atoms with Gasteiger partial charge in [0.25, 0.3) is 0 Å². The zero-order valence-electron chi connectivity index (χ0n) is 8.46. The molecule has 0 unspecified atom stereocenters. The second-order valence-electron chi connectivity index (χ2n) is 3.69. The zero-order valence-corrected chi connectivity index (χ0v) is 10.8. The molecular formula is C10H12BrClN2O. The summed E-state index contributed by atoms with van der Waals surface area (Å²) in [6.45, 7) is 0.461. The van der Waals surface area contributed by atoms with E-state index >= 15 is 0 Å². The number of hydrogen-bond donors (Lipinski definition) is 0. The maximum Gasteiger partial charge on any atom is 0.147 e. The van der Waals surface area contributed by atoms with E-state index in [1.807, 2.05) is 0 Å². The minimum Gasteiger partial charge on any atom is -0.378 e. The largest absolute Gasteiger partial charge is 0.378 e. The van der Waals surface area contributed by atoms with Crippen LogP contribution < -0.4 is 0 Å². The third kappa shape index (κ3) is 2.32. The highest BCUT2D eigenvalue weighted by Crippen LogP contribution is 2.36. The van der Waals surface area contributed by atoms with Gasteiger partial charge in [-0.2, -0.15) is 0 Å². The van der Waals surface area contributed by atoms with Crippen LogP contribution in [-0.4, -0.2) is 17.1 Å². The Morgan fingerprint density at radius 2 is 2.20 bits per heavy atom. The SMILES string of the molecule is COCc1nc(C2CCC2)nc(Cl)c1Br. The van der Waals surface area contributed by atoms with Crippen LogP contribution in [0.2, 0.25) is 5.15 Å². The van der Waals surface area contributed by atoms with Crippen LogP contribution >= 0.6 is 27.5 Å². The van der Waals surface area contributed by atoms with E-state index in [0.29, 0.717) is 17.7 Å². The first-order valence-electron chi connectivity index (χ1n) is 4.93. The summed E-state index contributed by atoms with van der Waals surface area (Å²) in [5, 5.41) is 0.485. The molecule has 0 N–H and O–H groups in total. The fourth-order valence-electron chi connectivity index (χ4n) is 1.56. The van der Waals surface area contributed by atoms with Crippen molar-refractivity contribution >= 4 is 27.5 Å². The topological polar surface area (TPSA) is 35.0 Å². The minimum atomic E-state index is 0.461. The molecule has 82 valence electrons. The van der Waals surface area contributed by atoms with Crippen molar-refractivity contribution < 1.29 is 4.74 Å². The molecule has 0 bridgehead atoms. The van der Waals surface area contributed by atoms with Crippen LogP contribution in [0.3, 0.4) is 0 Å². The lowest BCUT2D eigenvalue weighted by atomic mass is 9.85. The quantitative estimate of drug-likeness (QED) is 0.802. The highest BCUT2D eigenvalue weighted by Gasteiger charge is 2.24. The summed E-state index contributed by atoms with van der Waals surface area (Å²) in [7, 11) is 1.64. The molecule has 1 fully saturated rings. The van der Waals surface area contributed by atoms with Crippen LogP contribution in [0.25, 0.3) is 0 Å². The second-order valence-corrected chi connectivity index (χ2v) is 4.85. The molecule has 3 nitrogen and oxygen atoms in total. The van der Waals surface area contributed by atoms with Gasteiger partial charge in [-0.05, 0) is 28.8 Å². The number of methoxy groups -OCH3 is 1. The van der Waals surface area contributed by atoms with Crippen LogP contribution in [-0.2, 0) is 11.3 Å². The van der Waals surface area contributed by atoms with E-state index in [1.165, 1.54) is 19.3 Å². The summed E-state index contributed by atoms with van der Waals surface area (Å²) in [5.74, 6) is 1.35. The van der Waals surface area contributed by atoms with E-state index in [4.69, 9.17) is 16.3 Å². The molecule has 0 spiro atoms. The number of halogens is 2. The summed E-state index contributed by atoms with van der Waals surface area (Å²) in [5.41, 5.74) is 0.833. The van der Waals surface area contributed by atoms with Crippen molar-refractivity contribution in [3.05, 3.63) is 21.1 Å². The molecule has 15 heavy (non-hydrogen) atoms. The highest BCUT2D eigenvalue weighted by molar-refractivity contribution is 9.10. The number of hydrogen-bond acceptors (Lipinski definition) is 3. The van der Waals surface area contributed by atoms with E-state index in [9.17, 15) is 0 Å². The fraction of sp³-hybridized carbons (Fsp3) is 0.600. The first-order valence-corrected chi connectivity index (χ1v) is 6.10. The Hall–Kier alpha value is -0.190. The molecule has 2 rings (SSSR count). The lowest BCUT2D eigenvalue weighted by molar-refractivity contribution is 0.180. The Labute approximate surface area is 102 Å². The smallest absolute Gasteiger partial charge is 0.147 e. The summed E-state index contributed by atoms with van der Waals surface area (Å²) in [6.07, 6.45) is 3.61. The van der Waals surface area contributed by atoms with Gasteiger partial charge in [-0.3, -0.25) is 0 Å². The number of aromatic nitrogens is 2. The van der Waals surface area contributed by atoms with Crippen molar-refractivity contribution in [2.75, 3.05) is 7.11 Å². The molecule has 0 radical (unpaired) electrons. The van der Waals surface area contributed by atoms with Gasteiger partial charge < -0.3 is 4.74 Å². The van der Waals surface area contributed by atoms with Gasteiger partial charge in [0.1, 0.15) is 11.0 Å². The fourth-order valence-corrected chi connectivity index (χ4v) is 2.05. The van der Waals surface area contributed by atoms with Crippen molar-refractivity contribution in [2.45, 2.75) is 31.8 Å². The first-order chi connectivity index (χ1) is 7.22. The molecular weight excluding hydrogens is 279 g/mol. The molecule has 0 aromatic carbocycles. The van der Waals surface area contributed by atoms with Crippen LogP contribution in [0.15, 0.2) is 4.47 Å². The van der Waals surface area contributed by atoms with Gasteiger partial charge in [-0.25, -0.2) is 9.97 Å². The van der Waals surface area contributed by atoms with E-state index < -0.39 is 0 Å². The Morgan fingerprint density at radius 1 is 1.47 bits per heavy atom. The average molecular weight is 292 g/mol. The maximum absolute atomic E-state index is 6.03. The third-order valence-electron chi connectivity index (χ3n) is 2.65. The van der Waals surface area contributed by atoms with Crippen LogP contribution in [0.5, 0.6) is 0 Å². The van der Waals surface area contributed by atoms with Crippen molar-refractivity contribution in [2.24, 2.45) is 0 Å². The Bertz CT molecular complexity index is 369. The second kappa shape index (κ2) is 4.76. The average Bonchev–Trinajstić information content (AvgIpc) is 2.11. The van der Waals surface area contributed by atoms with Gasteiger partial charge in [0.05, 0.1) is 16.8 Å². The molecule has 0 atom stereocenters. The number of nitrogens with zero attached hydrogens (tertiary/aromatic N) is 2. The summed E-state index contributed by atoms with van der Waals surface area (Å²) in [6, 6.07) is 0. The normalized spacial score (nSPS) is 16.5. The van der Waals surface area contributed by atoms with Gasteiger partial charge >= 0.3 is 0 Å². The summed E-state index contributed by atoms with van der Waals surface area (Å²) < 4.78 is 5.82. The van der Waals surface area contributed by atoms with Gasteiger partial charge in [0, 0.05) is 13.0 Å². The molecule has 1 saturated carbocycles. The first kappa shape index (κ1) is 11.3. The van der Waals surface area contributed by atoms with E-state index in [-0.39, 0.29) is 0 Å². The van der Waals surface area contributed by atoms with Crippen molar-refractivity contribution in [1.29, 1.82) is 0 Å². The summed E-state index contributed by atoms with van der Waals surface area (Å²) in [4.78, 5) is 8.77. The molecule has 0 aliphatic heterocycles. The van der Waals surface area contributed by atoms with E-state index in [0.717, 1.165) is 16.0 Å². The Kier molecular flexibility index (Phi) is 3.59. The number of rotatable bonds is 3. The monoisotopic (exact) mass is 290 g/mol. The molecule has 0 amide bonds. The van der Waals surface area contributed by atoms with Crippen molar-refractivity contribution in [3.8, 4) is 0 Å². The lowest BCUT2D eigenvalue weighted by Gasteiger charge is -2.24. The molecule has 1 aliphatic rings. The molecule has 1 aromatic rings. The standard InChI is InChI=1S/C10H12BrClN2O/c1-15-5-7-8(11)9(12)14-10(13-7)6-3-2-4-6/h6H,2-5H2,1H3. The van der Waals surface area contributed by atoms with Gasteiger partial charge in [0.2, 0.25) is 0 Å². The molecule has 5 heteroatoms. The van der Waals surface area contributed by atoms with E-state index in [2.05, 4.69) is 25.9 Å². The van der Waals surface area contributed by atoms with Crippen LogP contribution in [0, 0.1) is 0 Å². The van der Waals surface area contributed by atoms with Crippen LogP contribution in [0.4, 0.5) is 0 Å². The minimum absolute atomic E-state index is 0.461.